The molecular formula is C27H31N3O3. The Balaban J connectivity index is 1.57. The van der Waals surface area contributed by atoms with E-state index in [2.05, 4.69) is 34.2 Å². The summed E-state index contributed by atoms with van der Waals surface area (Å²) in [6.45, 7) is 2.80. The number of ether oxygens (including phenoxy) is 2. The number of benzene rings is 2. The lowest BCUT2D eigenvalue weighted by atomic mass is 9.91. The molecule has 2 aliphatic rings. The molecule has 172 valence electrons. The first kappa shape index (κ1) is 21.6. The molecule has 6 heteroatoms. The van der Waals surface area contributed by atoms with Crippen LogP contribution >= 0.6 is 0 Å². The van der Waals surface area contributed by atoms with E-state index < -0.39 is 0 Å². The van der Waals surface area contributed by atoms with Gasteiger partial charge in [0.15, 0.2) is 0 Å². The molecule has 0 spiro atoms. The number of nitrogens with one attached hydrogen (secondary N) is 1. The van der Waals surface area contributed by atoms with Gasteiger partial charge in [-0.3, -0.25) is 9.89 Å². The van der Waals surface area contributed by atoms with E-state index in [1.165, 1.54) is 19.3 Å². The van der Waals surface area contributed by atoms with Crippen LogP contribution in [0.3, 0.4) is 0 Å². The highest BCUT2D eigenvalue weighted by atomic mass is 16.5. The summed E-state index contributed by atoms with van der Waals surface area (Å²) < 4.78 is 11.1. The molecule has 1 aliphatic heterocycles. The molecule has 33 heavy (non-hydrogen) atoms. The zero-order valence-electron chi connectivity index (χ0n) is 19.3. The van der Waals surface area contributed by atoms with Crippen molar-refractivity contribution in [2.45, 2.75) is 57.5 Å². The second kappa shape index (κ2) is 9.30. The van der Waals surface area contributed by atoms with Gasteiger partial charge in [0.2, 0.25) is 0 Å². The Morgan fingerprint density at radius 1 is 1.00 bits per heavy atom. The van der Waals surface area contributed by atoms with E-state index in [1.54, 1.807) is 7.11 Å². The van der Waals surface area contributed by atoms with Crippen molar-refractivity contribution in [3.63, 3.8) is 0 Å². The Morgan fingerprint density at radius 3 is 2.36 bits per heavy atom. The summed E-state index contributed by atoms with van der Waals surface area (Å²) in [5, 5.41) is 7.66. The van der Waals surface area contributed by atoms with Gasteiger partial charge in [-0.05, 0) is 61.2 Å². The van der Waals surface area contributed by atoms with Gasteiger partial charge in [0.1, 0.15) is 17.2 Å². The third kappa shape index (κ3) is 3.99. The van der Waals surface area contributed by atoms with Gasteiger partial charge in [0.05, 0.1) is 25.5 Å². The zero-order valence-corrected chi connectivity index (χ0v) is 19.3. The molecule has 1 aliphatic carbocycles. The van der Waals surface area contributed by atoms with Crippen molar-refractivity contribution in [1.29, 1.82) is 0 Å². The fraction of sp³-hybridized carbons (Fsp3) is 0.407. The third-order valence-electron chi connectivity index (χ3n) is 6.80. The average molecular weight is 446 g/mol. The second-order valence-corrected chi connectivity index (χ2v) is 8.91. The molecule has 1 saturated carbocycles. The van der Waals surface area contributed by atoms with Gasteiger partial charge in [0.25, 0.3) is 5.91 Å². The Kier molecular flexibility index (Phi) is 6.07. The number of methoxy groups -OCH3 is 1. The van der Waals surface area contributed by atoms with Crippen molar-refractivity contribution in [2.75, 3.05) is 13.7 Å². The van der Waals surface area contributed by atoms with Crippen LogP contribution in [-0.4, -0.2) is 40.8 Å². The fourth-order valence-electron chi connectivity index (χ4n) is 5.16. The maximum Gasteiger partial charge on any atom is 0.273 e. The predicted molar refractivity (Wildman–Crippen MR) is 128 cm³/mol. The highest BCUT2D eigenvalue weighted by Crippen LogP contribution is 2.46. The second-order valence-electron chi connectivity index (χ2n) is 8.91. The van der Waals surface area contributed by atoms with Crippen LogP contribution in [0.1, 0.15) is 73.1 Å². The molecule has 1 aromatic heterocycles. The standard InChI is InChI=1S/C27H31N3O3/c1-3-17-33-22-15-11-19(12-16-22)26-23-24(18-9-13-21(32-2)14-10-18)28-29-25(23)27(31)30(26)20-7-5-4-6-8-20/h9-16,20,26H,3-8,17H2,1-2H3,(H,28,29). The zero-order chi connectivity index (χ0) is 22.8. The predicted octanol–water partition coefficient (Wildman–Crippen LogP) is 5.75. The van der Waals surface area contributed by atoms with Crippen LogP contribution in [-0.2, 0) is 0 Å². The lowest BCUT2D eigenvalue weighted by Gasteiger charge is -2.36. The van der Waals surface area contributed by atoms with Gasteiger partial charge < -0.3 is 14.4 Å². The number of nitrogens with zero attached hydrogens (tertiary/aromatic N) is 2. The quantitative estimate of drug-likeness (QED) is 0.503. The average Bonchev–Trinajstić information content (AvgIpc) is 3.42. The SMILES string of the molecule is CCCOc1ccc(C2c3c(-c4ccc(OC)cc4)n[nH]c3C(=O)N2C2CCCCC2)cc1. The largest absolute Gasteiger partial charge is 0.497 e. The molecule has 1 amide bonds. The number of hydrogen-bond donors (Lipinski definition) is 1. The Bertz CT molecular complexity index is 1100. The number of H-pyrrole nitrogens is 1. The Morgan fingerprint density at radius 2 is 1.70 bits per heavy atom. The molecule has 1 N–H and O–H groups in total. The highest BCUT2D eigenvalue weighted by molar-refractivity contribution is 6.00. The number of aromatic nitrogens is 2. The third-order valence-corrected chi connectivity index (χ3v) is 6.80. The van der Waals surface area contributed by atoms with Crippen LogP contribution in [0.2, 0.25) is 0 Å². The van der Waals surface area contributed by atoms with Gasteiger partial charge in [-0.15, -0.1) is 0 Å². The van der Waals surface area contributed by atoms with Crippen molar-refractivity contribution in [3.05, 3.63) is 65.4 Å². The molecule has 2 aromatic carbocycles. The molecule has 6 nitrogen and oxygen atoms in total. The minimum atomic E-state index is -0.160. The van der Waals surface area contributed by atoms with Crippen molar-refractivity contribution in [1.82, 2.24) is 15.1 Å². The molecule has 1 fully saturated rings. The first-order valence-electron chi connectivity index (χ1n) is 12.0. The summed E-state index contributed by atoms with van der Waals surface area (Å²) in [5.74, 6) is 1.71. The molecule has 0 radical (unpaired) electrons. The minimum Gasteiger partial charge on any atom is -0.497 e. The van der Waals surface area contributed by atoms with Gasteiger partial charge in [0, 0.05) is 17.2 Å². The summed E-state index contributed by atoms with van der Waals surface area (Å²) in [5.41, 5.74) is 4.48. The monoisotopic (exact) mass is 445 g/mol. The van der Waals surface area contributed by atoms with Crippen molar-refractivity contribution >= 4 is 5.91 Å². The number of carbonyl (C=O) groups excluding carboxylic acids is 1. The number of rotatable bonds is 7. The van der Waals surface area contributed by atoms with Crippen molar-refractivity contribution in [3.8, 4) is 22.8 Å². The van der Waals surface area contributed by atoms with Crippen LogP contribution in [0.25, 0.3) is 11.3 Å². The molecule has 0 bridgehead atoms. The van der Waals surface area contributed by atoms with E-state index in [0.29, 0.717) is 12.3 Å². The number of aromatic amines is 1. The fourth-order valence-corrected chi connectivity index (χ4v) is 5.16. The van der Waals surface area contributed by atoms with Crippen LogP contribution < -0.4 is 9.47 Å². The van der Waals surface area contributed by atoms with Gasteiger partial charge in [-0.25, -0.2) is 0 Å². The summed E-state index contributed by atoms with van der Waals surface area (Å²) in [7, 11) is 1.66. The van der Waals surface area contributed by atoms with Crippen LogP contribution in [0.15, 0.2) is 48.5 Å². The Labute approximate surface area is 194 Å². The molecule has 3 aromatic rings. The smallest absolute Gasteiger partial charge is 0.273 e. The van der Waals surface area contributed by atoms with Gasteiger partial charge >= 0.3 is 0 Å². The molecule has 0 saturated heterocycles. The van der Waals surface area contributed by atoms with Crippen LogP contribution in [0.5, 0.6) is 11.5 Å². The van der Waals surface area contributed by atoms with E-state index >= 15 is 0 Å². The number of amides is 1. The molecule has 1 unspecified atom stereocenters. The van der Waals surface area contributed by atoms with Gasteiger partial charge in [-0.2, -0.15) is 5.10 Å². The molecular weight excluding hydrogens is 414 g/mol. The maximum atomic E-state index is 13.6. The lowest BCUT2D eigenvalue weighted by Crippen LogP contribution is -2.40. The summed E-state index contributed by atoms with van der Waals surface area (Å²) in [6.07, 6.45) is 6.66. The Hall–Kier alpha value is -3.28. The van der Waals surface area contributed by atoms with Crippen LogP contribution in [0.4, 0.5) is 0 Å². The van der Waals surface area contributed by atoms with E-state index in [1.807, 2.05) is 36.4 Å². The van der Waals surface area contributed by atoms with E-state index in [4.69, 9.17) is 9.47 Å². The summed E-state index contributed by atoms with van der Waals surface area (Å²) in [4.78, 5) is 15.8. The first-order chi connectivity index (χ1) is 16.2. The highest BCUT2D eigenvalue weighted by Gasteiger charge is 2.45. The normalized spacial score (nSPS) is 18.4. The van der Waals surface area contributed by atoms with Gasteiger partial charge in [-0.1, -0.05) is 38.3 Å². The number of hydrogen-bond acceptors (Lipinski definition) is 4. The summed E-state index contributed by atoms with van der Waals surface area (Å²) >= 11 is 0. The van der Waals surface area contributed by atoms with Crippen molar-refractivity contribution < 1.29 is 14.3 Å². The molecule has 1 atom stereocenters. The number of carbonyl (C=O) groups is 1. The van der Waals surface area contributed by atoms with E-state index in [9.17, 15) is 4.79 Å². The van der Waals surface area contributed by atoms with Crippen LogP contribution in [0, 0.1) is 0 Å². The lowest BCUT2D eigenvalue weighted by molar-refractivity contribution is 0.0606. The number of fused-ring (bicyclic) bond motifs is 1. The molecule has 5 rings (SSSR count). The van der Waals surface area contributed by atoms with E-state index in [-0.39, 0.29) is 18.0 Å². The topological polar surface area (TPSA) is 67.5 Å². The summed E-state index contributed by atoms with van der Waals surface area (Å²) in [6, 6.07) is 16.2. The first-order valence-corrected chi connectivity index (χ1v) is 12.0. The maximum absolute atomic E-state index is 13.6. The minimum absolute atomic E-state index is 0.0560. The van der Waals surface area contributed by atoms with E-state index in [0.717, 1.165) is 53.1 Å². The molecule has 2 heterocycles. The van der Waals surface area contributed by atoms with Crippen molar-refractivity contribution in [2.24, 2.45) is 0 Å².